The van der Waals surface area contributed by atoms with Gasteiger partial charge in [-0.1, -0.05) is 73.7 Å². The topological polar surface area (TPSA) is 20.3 Å². The molecule has 2 heteroatoms. The maximum absolute atomic E-state index is 13.1. The summed E-state index contributed by atoms with van der Waals surface area (Å²) >= 11 is 0. The highest BCUT2D eigenvalue weighted by Crippen LogP contribution is 2.29. The van der Waals surface area contributed by atoms with Crippen molar-refractivity contribution in [1.29, 1.82) is 0 Å². The Morgan fingerprint density at radius 3 is 1.69 bits per heavy atom. The summed E-state index contributed by atoms with van der Waals surface area (Å²) < 4.78 is 0. The van der Waals surface area contributed by atoms with Crippen LogP contribution < -0.4 is 4.90 Å². The SMILES string of the molecule is CC[C@H](CCC(=O)N(c1ccccc1)c1ccccc1)c1ccccc1. The van der Waals surface area contributed by atoms with Crippen molar-refractivity contribution in [1.82, 2.24) is 0 Å². The van der Waals surface area contributed by atoms with Gasteiger partial charge in [-0.2, -0.15) is 0 Å². The van der Waals surface area contributed by atoms with E-state index < -0.39 is 0 Å². The number of amides is 1. The van der Waals surface area contributed by atoms with Crippen LogP contribution in [0.5, 0.6) is 0 Å². The Morgan fingerprint density at radius 2 is 1.23 bits per heavy atom. The second-order valence-corrected chi connectivity index (χ2v) is 6.45. The Hall–Kier alpha value is -2.87. The lowest BCUT2D eigenvalue weighted by molar-refractivity contribution is -0.118. The van der Waals surface area contributed by atoms with Crippen molar-refractivity contribution in [2.75, 3.05) is 4.90 Å². The van der Waals surface area contributed by atoms with Gasteiger partial charge in [0.2, 0.25) is 5.91 Å². The van der Waals surface area contributed by atoms with E-state index in [1.54, 1.807) is 0 Å². The van der Waals surface area contributed by atoms with Gasteiger partial charge in [0.05, 0.1) is 0 Å². The zero-order valence-electron chi connectivity index (χ0n) is 15.2. The zero-order valence-corrected chi connectivity index (χ0v) is 15.2. The van der Waals surface area contributed by atoms with Gasteiger partial charge in [0.25, 0.3) is 0 Å². The summed E-state index contributed by atoms with van der Waals surface area (Å²) in [5, 5.41) is 0. The third-order valence-corrected chi connectivity index (χ3v) is 4.75. The van der Waals surface area contributed by atoms with Crippen molar-refractivity contribution >= 4 is 17.3 Å². The van der Waals surface area contributed by atoms with E-state index in [2.05, 4.69) is 31.2 Å². The van der Waals surface area contributed by atoms with Crippen molar-refractivity contribution in [3.05, 3.63) is 96.6 Å². The lowest BCUT2D eigenvalue weighted by Crippen LogP contribution is -2.26. The molecule has 3 aromatic rings. The molecule has 1 atom stereocenters. The molecule has 0 bridgehead atoms. The molecule has 0 aliphatic rings. The second-order valence-electron chi connectivity index (χ2n) is 6.45. The average molecular weight is 343 g/mol. The van der Waals surface area contributed by atoms with Gasteiger partial charge in [-0.25, -0.2) is 0 Å². The maximum Gasteiger partial charge on any atom is 0.231 e. The smallest absolute Gasteiger partial charge is 0.231 e. The number of para-hydroxylation sites is 2. The van der Waals surface area contributed by atoms with Gasteiger partial charge in [0.1, 0.15) is 0 Å². The zero-order chi connectivity index (χ0) is 18.2. The van der Waals surface area contributed by atoms with Gasteiger partial charge < -0.3 is 0 Å². The molecule has 3 aromatic carbocycles. The number of carbonyl (C=O) groups is 1. The Morgan fingerprint density at radius 1 is 0.769 bits per heavy atom. The number of nitrogens with zero attached hydrogens (tertiary/aromatic N) is 1. The summed E-state index contributed by atoms with van der Waals surface area (Å²) in [6, 6.07) is 30.3. The van der Waals surface area contributed by atoms with Crippen LogP contribution in [0.3, 0.4) is 0 Å². The Kier molecular flexibility index (Phi) is 6.21. The van der Waals surface area contributed by atoms with Crippen LogP contribution in [0.25, 0.3) is 0 Å². The molecule has 26 heavy (non-hydrogen) atoms. The molecule has 132 valence electrons. The first-order chi connectivity index (χ1) is 12.8. The quantitative estimate of drug-likeness (QED) is 0.491. The highest BCUT2D eigenvalue weighted by molar-refractivity contribution is 6.00. The van der Waals surface area contributed by atoms with Gasteiger partial charge in [-0.15, -0.1) is 0 Å². The first-order valence-corrected chi connectivity index (χ1v) is 9.27. The van der Waals surface area contributed by atoms with Crippen LogP contribution in [-0.2, 0) is 4.79 Å². The lowest BCUT2D eigenvalue weighted by Gasteiger charge is -2.24. The fourth-order valence-electron chi connectivity index (χ4n) is 3.33. The van der Waals surface area contributed by atoms with Crippen molar-refractivity contribution in [2.45, 2.75) is 32.1 Å². The van der Waals surface area contributed by atoms with Crippen LogP contribution in [0.15, 0.2) is 91.0 Å². The fourth-order valence-corrected chi connectivity index (χ4v) is 3.33. The molecule has 0 saturated heterocycles. The summed E-state index contributed by atoms with van der Waals surface area (Å²) in [7, 11) is 0. The third-order valence-electron chi connectivity index (χ3n) is 4.75. The highest BCUT2D eigenvalue weighted by atomic mass is 16.2. The normalized spacial score (nSPS) is 11.7. The summed E-state index contributed by atoms with van der Waals surface area (Å²) in [6.45, 7) is 2.19. The molecule has 0 N–H and O–H groups in total. The predicted octanol–water partition coefficient (Wildman–Crippen LogP) is 6.33. The van der Waals surface area contributed by atoms with Gasteiger partial charge in [0, 0.05) is 17.8 Å². The summed E-state index contributed by atoms with van der Waals surface area (Å²) in [4.78, 5) is 15.0. The van der Waals surface area contributed by atoms with Crippen molar-refractivity contribution in [3.8, 4) is 0 Å². The molecule has 0 aliphatic heterocycles. The van der Waals surface area contributed by atoms with Crippen LogP contribution >= 0.6 is 0 Å². The molecule has 0 aromatic heterocycles. The van der Waals surface area contributed by atoms with Crippen LogP contribution in [0.2, 0.25) is 0 Å². The van der Waals surface area contributed by atoms with Crippen molar-refractivity contribution < 1.29 is 4.79 Å². The van der Waals surface area contributed by atoms with E-state index in [9.17, 15) is 4.79 Å². The summed E-state index contributed by atoms with van der Waals surface area (Å²) in [5.74, 6) is 0.547. The van der Waals surface area contributed by atoms with Crippen molar-refractivity contribution in [2.24, 2.45) is 0 Å². The molecule has 0 fully saturated rings. The molecule has 2 nitrogen and oxygen atoms in total. The fraction of sp³-hybridized carbons (Fsp3) is 0.208. The molecule has 3 rings (SSSR count). The molecule has 0 spiro atoms. The monoisotopic (exact) mass is 343 g/mol. The maximum atomic E-state index is 13.1. The van der Waals surface area contributed by atoms with Crippen LogP contribution in [0, 0.1) is 0 Å². The first-order valence-electron chi connectivity index (χ1n) is 9.27. The standard InChI is InChI=1S/C24H25NO/c1-2-20(21-12-6-3-7-13-21)18-19-24(26)25(22-14-8-4-9-15-22)23-16-10-5-11-17-23/h3-17,20H,2,18-19H2,1H3/t20-/m1/s1. The van der Waals surface area contributed by atoms with Crippen LogP contribution in [-0.4, -0.2) is 5.91 Å². The lowest BCUT2D eigenvalue weighted by atomic mass is 9.91. The Bertz CT molecular complexity index is 760. The van der Waals surface area contributed by atoms with Gasteiger partial charge in [-0.3, -0.25) is 9.69 Å². The number of rotatable bonds is 7. The van der Waals surface area contributed by atoms with E-state index >= 15 is 0 Å². The largest absolute Gasteiger partial charge is 0.281 e. The number of anilines is 2. The van der Waals surface area contributed by atoms with E-state index in [1.165, 1.54) is 5.56 Å². The van der Waals surface area contributed by atoms with E-state index in [0.717, 1.165) is 24.2 Å². The minimum atomic E-state index is 0.136. The number of carbonyl (C=O) groups excluding carboxylic acids is 1. The third kappa shape index (κ3) is 4.40. The second kappa shape index (κ2) is 9.00. The van der Waals surface area contributed by atoms with E-state index in [0.29, 0.717) is 12.3 Å². The first kappa shape index (κ1) is 17.9. The minimum absolute atomic E-state index is 0.136. The Labute approximate surface area is 156 Å². The molecule has 1 amide bonds. The molecule has 0 heterocycles. The average Bonchev–Trinajstić information content (AvgIpc) is 2.71. The van der Waals surface area contributed by atoms with Gasteiger partial charge in [-0.05, 0) is 48.6 Å². The number of benzene rings is 3. The van der Waals surface area contributed by atoms with E-state index in [-0.39, 0.29) is 5.91 Å². The summed E-state index contributed by atoms with van der Waals surface area (Å²) in [5.41, 5.74) is 3.14. The van der Waals surface area contributed by atoms with Crippen LogP contribution in [0.4, 0.5) is 11.4 Å². The summed E-state index contributed by atoms with van der Waals surface area (Å²) in [6.07, 6.45) is 2.42. The highest BCUT2D eigenvalue weighted by Gasteiger charge is 2.19. The molecular weight excluding hydrogens is 318 g/mol. The molecule has 0 saturated carbocycles. The van der Waals surface area contributed by atoms with E-state index in [4.69, 9.17) is 0 Å². The van der Waals surface area contributed by atoms with Gasteiger partial charge >= 0.3 is 0 Å². The molecule has 0 aliphatic carbocycles. The number of hydrogen-bond donors (Lipinski definition) is 0. The predicted molar refractivity (Wildman–Crippen MR) is 109 cm³/mol. The molecule has 0 radical (unpaired) electrons. The van der Waals surface area contributed by atoms with E-state index in [1.807, 2.05) is 71.6 Å². The van der Waals surface area contributed by atoms with Crippen LogP contribution in [0.1, 0.15) is 37.7 Å². The minimum Gasteiger partial charge on any atom is -0.281 e. The Balaban J connectivity index is 1.78. The van der Waals surface area contributed by atoms with Crippen molar-refractivity contribution in [3.63, 3.8) is 0 Å². The number of hydrogen-bond acceptors (Lipinski definition) is 1. The molecule has 0 unspecified atom stereocenters. The molecular formula is C24H25NO. The van der Waals surface area contributed by atoms with Gasteiger partial charge in [0.15, 0.2) is 0 Å².